The van der Waals surface area contributed by atoms with Crippen LogP contribution in [0, 0.1) is 0 Å². The van der Waals surface area contributed by atoms with Gasteiger partial charge in [-0.15, -0.1) is 0 Å². The largest absolute Gasteiger partial charge is 0.374 e. The van der Waals surface area contributed by atoms with Crippen LogP contribution >= 0.6 is 0 Å². The van der Waals surface area contributed by atoms with Crippen molar-refractivity contribution in [2.75, 3.05) is 6.61 Å². The summed E-state index contributed by atoms with van der Waals surface area (Å²) in [6.07, 6.45) is 4.79. The fourth-order valence-corrected chi connectivity index (χ4v) is 1.58. The highest BCUT2D eigenvalue weighted by Gasteiger charge is 2.30. The van der Waals surface area contributed by atoms with E-state index in [1.165, 1.54) is 12.8 Å². The molecule has 0 aromatic heterocycles. The van der Waals surface area contributed by atoms with Gasteiger partial charge in [0.25, 0.3) is 0 Å². The molecule has 2 N–H and O–H groups in total. The Morgan fingerprint density at radius 3 is 2.17 bits per heavy atom. The lowest BCUT2D eigenvalue weighted by atomic mass is 10.0. The van der Waals surface area contributed by atoms with E-state index < -0.39 is 0 Å². The number of hydrogen-bond acceptors (Lipinski definition) is 2. The van der Waals surface area contributed by atoms with E-state index in [1.54, 1.807) is 0 Å². The van der Waals surface area contributed by atoms with Crippen molar-refractivity contribution in [2.45, 2.75) is 57.6 Å². The van der Waals surface area contributed by atoms with Gasteiger partial charge in [0.05, 0.1) is 12.2 Å². The topological polar surface area (TPSA) is 35.2 Å². The average Bonchev–Trinajstić information content (AvgIpc) is 2.32. The molecule has 0 aromatic rings. The smallest absolute Gasteiger partial charge is 0.0653 e. The summed E-state index contributed by atoms with van der Waals surface area (Å²) < 4.78 is 5.69. The molecule has 0 atom stereocenters. The minimum Gasteiger partial charge on any atom is -0.374 e. The molecule has 2 nitrogen and oxygen atoms in total. The third kappa shape index (κ3) is 3.11. The molecule has 12 heavy (non-hydrogen) atoms. The zero-order valence-electron chi connectivity index (χ0n) is 8.52. The van der Waals surface area contributed by atoms with Crippen LogP contribution in [0.25, 0.3) is 0 Å². The maximum Gasteiger partial charge on any atom is 0.0653 e. The molecule has 2 heteroatoms. The second kappa shape index (κ2) is 3.35. The van der Waals surface area contributed by atoms with E-state index in [9.17, 15) is 0 Å². The van der Waals surface area contributed by atoms with Crippen molar-refractivity contribution in [3.8, 4) is 0 Å². The summed E-state index contributed by atoms with van der Waals surface area (Å²) in [5, 5.41) is 0. The summed E-state index contributed by atoms with van der Waals surface area (Å²) in [5.74, 6) is 0. The van der Waals surface area contributed by atoms with Gasteiger partial charge in [0.15, 0.2) is 0 Å². The standard InChI is InChI=1S/C10H21NO/c1-9(2,3)12-8-10(11)6-4-5-7-10/h4-8,11H2,1-3H3. The first-order valence-electron chi connectivity index (χ1n) is 4.84. The van der Waals surface area contributed by atoms with E-state index >= 15 is 0 Å². The van der Waals surface area contributed by atoms with Crippen LogP contribution in [-0.2, 0) is 4.74 Å². The van der Waals surface area contributed by atoms with Crippen molar-refractivity contribution in [3.63, 3.8) is 0 Å². The molecule has 1 rings (SSSR count). The van der Waals surface area contributed by atoms with E-state index in [-0.39, 0.29) is 11.1 Å². The molecule has 72 valence electrons. The lowest BCUT2D eigenvalue weighted by molar-refractivity contribution is -0.0282. The molecule has 0 unspecified atom stereocenters. The van der Waals surface area contributed by atoms with Crippen molar-refractivity contribution in [2.24, 2.45) is 5.73 Å². The Labute approximate surface area is 75.5 Å². The first-order chi connectivity index (χ1) is 5.41. The van der Waals surface area contributed by atoms with Gasteiger partial charge in [-0.3, -0.25) is 0 Å². The fraction of sp³-hybridized carbons (Fsp3) is 1.00. The van der Waals surface area contributed by atoms with Gasteiger partial charge in [-0.25, -0.2) is 0 Å². The molecular formula is C10H21NO. The van der Waals surface area contributed by atoms with E-state index in [4.69, 9.17) is 10.5 Å². The molecule has 0 amide bonds. The van der Waals surface area contributed by atoms with Gasteiger partial charge in [-0.2, -0.15) is 0 Å². The van der Waals surface area contributed by atoms with Crippen LogP contribution in [-0.4, -0.2) is 17.7 Å². The van der Waals surface area contributed by atoms with Crippen LogP contribution in [0.1, 0.15) is 46.5 Å². The Morgan fingerprint density at radius 2 is 1.75 bits per heavy atom. The highest BCUT2D eigenvalue weighted by Crippen LogP contribution is 2.28. The third-order valence-electron chi connectivity index (χ3n) is 2.39. The zero-order valence-corrected chi connectivity index (χ0v) is 8.52. The zero-order chi connectivity index (χ0) is 9.24. The Morgan fingerprint density at radius 1 is 1.25 bits per heavy atom. The van der Waals surface area contributed by atoms with Crippen molar-refractivity contribution < 1.29 is 4.74 Å². The molecule has 1 aliphatic rings. The van der Waals surface area contributed by atoms with E-state index in [0.717, 1.165) is 19.4 Å². The second-order valence-electron chi connectivity index (χ2n) is 4.97. The molecule has 0 saturated heterocycles. The van der Waals surface area contributed by atoms with Crippen LogP contribution in [0.15, 0.2) is 0 Å². The maximum absolute atomic E-state index is 6.14. The minimum absolute atomic E-state index is 0.0206. The number of ether oxygens (including phenoxy) is 1. The predicted octanol–water partition coefficient (Wildman–Crippen LogP) is 2.07. The van der Waals surface area contributed by atoms with Crippen molar-refractivity contribution >= 4 is 0 Å². The van der Waals surface area contributed by atoms with Gasteiger partial charge < -0.3 is 10.5 Å². The van der Waals surface area contributed by atoms with E-state index in [2.05, 4.69) is 20.8 Å². The van der Waals surface area contributed by atoms with Gasteiger partial charge in [-0.05, 0) is 33.6 Å². The molecule has 0 spiro atoms. The molecule has 1 saturated carbocycles. The summed E-state index contributed by atoms with van der Waals surface area (Å²) in [5.41, 5.74) is 6.07. The lowest BCUT2D eigenvalue weighted by Crippen LogP contribution is -2.43. The third-order valence-corrected chi connectivity index (χ3v) is 2.39. The van der Waals surface area contributed by atoms with Crippen molar-refractivity contribution in [1.82, 2.24) is 0 Å². The van der Waals surface area contributed by atoms with Gasteiger partial charge in [-0.1, -0.05) is 12.8 Å². The number of rotatable bonds is 2. The first kappa shape index (κ1) is 10.0. The van der Waals surface area contributed by atoms with Crippen LogP contribution in [0.3, 0.4) is 0 Å². The normalized spacial score (nSPS) is 23.0. The highest BCUT2D eigenvalue weighted by atomic mass is 16.5. The molecule has 1 fully saturated rings. The van der Waals surface area contributed by atoms with E-state index in [0.29, 0.717) is 0 Å². The Kier molecular flexibility index (Phi) is 2.79. The van der Waals surface area contributed by atoms with Crippen LogP contribution in [0.5, 0.6) is 0 Å². The number of hydrogen-bond donors (Lipinski definition) is 1. The Balaban J connectivity index is 2.30. The van der Waals surface area contributed by atoms with Gasteiger partial charge >= 0.3 is 0 Å². The van der Waals surface area contributed by atoms with Crippen LogP contribution in [0.4, 0.5) is 0 Å². The predicted molar refractivity (Wildman–Crippen MR) is 51.1 cm³/mol. The second-order valence-corrected chi connectivity index (χ2v) is 4.97. The summed E-state index contributed by atoms with van der Waals surface area (Å²) in [6, 6.07) is 0. The van der Waals surface area contributed by atoms with Gasteiger partial charge in [0.2, 0.25) is 0 Å². The Hall–Kier alpha value is -0.0800. The monoisotopic (exact) mass is 171 g/mol. The van der Waals surface area contributed by atoms with Crippen molar-refractivity contribution in [3.05, 3.63) is 0 Å². The molecule has 0 radical (unpaired) electrons. The average molecular weight is 171 g/mol. The summed E-state index contributed by atoms with van der Waals surface area (Å²) in [7, 11) is 0. The molecule has 0 bridgehead atoms. The molecule has 0 heterocycles. The maximum atomic E-state index is 6.14. The SMILES string of the molecule is CC(C)(C)OCC1(N)CCCC1. The molecule has 1 aliphatic carbocycles. The quantitative estimate of drug-likeness (QED) is 0.690. The summed E-state index contributed by atoms with van der Waals surface area (Å²) >= 11 is 0. The molecule has 0 aromatic carbocycles. The van der Waals surface area contributed by atoms with E-state index in [1.807, 2.05) is 0 Å². The fourth-order valence-electron chi connectivity index (χ4n) is 1.58. The van der Waals surface area contributed by atoms with Gasteiger partial charge in [0, 0.05) is 5.54 Å². The van der Waals surface area contributed by atoms with Gasteiger partial charge in [0.1, 0.15) is 0 Å². The van der Waals surface area contributed by atoms with Crippen molar-refractivity contribution in [1.29, 1.82) is 0 Å². The lowest BCUT2D eigenvalue weighted by Gasteiger charge is -2.28. The summed E-state index contributed by atoms with van der Waals surface area (Å²) in [4.78, 5) is 0. The number of nitrogens with two attached hydrogens (primary N) is 1. The molecular weight excluding hydrogens is 150 g/mol. The first-order valence-corrected chi connectivity index (χ1v) is 4.84. The minimum atomic E-state index is -0.0467. The molecule has 0 aliphatic heterocycles. The van der Waals surface area contributed by atoms with Crippen LogP contribution in [0.2, 0.25) is 0 Å². The Bertz CT molecular complexity index is 142. The summed E-state index contributed by atoms with van der Waals surface area (Å²) in [6.45, 7) is 6.94. The van der Waals surface area contributed by atoms with Crippen LogP contribution < -0.4 is 5.73 Å². The highest BCUT2D eigenvalue weighted by molar-refractivity contribution is 4.89.